The molecule has 3 heterocycles. The molecule has 0 aromatic heterocycles. The number of aliphatic hydroxyl groups is 4. The zero-order chi connectivity index (χ0) is 48.3. The number of fused-ring (bicyclic) bond motifs is 5. The average molecular weight is 943 g/mol. The highest BCUT2D eigenvalue weighted by molar-refractivity contribution is 5.72. The van der Waals surface area contributed by atoms with Crippen LogP contribution in [0, 0.1) is 34.5 Å². The van der Waals surface area contributed by atoms with Crippen LogP contribution in [0.1, 0.15) is 133 Å². The van der Waals surface area contributed by atoms with Crippen LogP contribution in [-0.2, 0) is 61.7 Å². The van der Waals surface area contributed by atoms with Gasteiger partial charge in [-0.15, -0.1) is 0 Å². The molecule has 0 aromatic rings. The molecule has 380 valence electrons. The van der Waals surface area contributed by atoms with E-state index in [0.717, 1.165) is 32.1 Å². The van der Waals surface area contributed by atoms with Crippen molar-refractivity contribution in [2.45, 2.75) is 242 Å². The SMILES string of the molecule is CCC(C)C(=O)O[C@@H](C)[C@]1(O)CC[C@]2(O)[C@@H]3CC[C@H]4C[C@@H](O[C@H]5C[C@H](OC)[C@H](O[C@H]6C[C@@H](OC)[C@H](O[C@@H]7O[C@H](C)[C@@H](O)[C@H](OC)[C@H]7O)[C@@H](C)O6)[C@@H](C)O5)CC[C@]4(C)[C@H]3C[C@@H](OC(C)=O)[C@]12C. The molecule has 3 saturated heterocycles. The van der Waals surface area contributed by atoms with Gasteiger partial charge in [-0.2, -0.15) is 0 Å². The molecule has 0 radical (unpaired) electrons. The Morgan fingerprint density at radius 2 is 1.33 bits per heavy atom. The summed E-state index contributed by atoms with van der Waals surface area (Å²) >= 11 is 0. The Hall–Kier alpha value is -1.58. The van der Waals surface area contributed by atoms with E-state index in [1.807, 2.05) is 27.7 Å². The monoisotopic (exact) mass is 943 g/mol. The molecule has 17 heteroatoms. The molecule has 0 amide bonds. The molecular formula is C49H82O17. The normalized spacial score (nSPS) is 50.3. The van der Waals surface area contributed by atoms with Crippen LogP contribution in [0.15, 0.2) is 0 Å². The first kappa shape index (κ1) is 52.2. The fourth-order valence-corrected chi connectivity index (χ4v) is 13.9. The summed E-state index contributed by atoms with van der Waals surface area (Å²) in [5.74, 6) is -1.02. The van der Waals surface area contributed by atoms with E-state index in [-0.39, 0.29) is 53.7 Å². The number of rotatable bonds is 14. The van der Waals surface area contributed by atoms with Crippen LogP contribution in [0.4, 0.5) is 0 Å². The van der Waals surface area contributed by atoms with Crippen molar-refractivity contribution in [1.82, 2.24) is 0 Å². The number of carbonyl (C=O) groups is 2. The van der Waals surface area contributed by atoms with Gasteiger partial charge in [-0.1, -0.05) is 27.7 Å². The molecule has 66 heavy (non-hydrogen) atoms. The van der Waals surface area contributed by atoms with Gasteiger partial charge in [0.25, 0.3) is 0 Å². The number of hydrogen-bond donors (Lipinski definition) is 4. The van der Waals surface area contributed by atoms with E-state index < -0.39 is 109 Å². The Balaban J connectivity index is 0.971. The number of aliphatic hydroxyl groups excluding tert-OH is 2. The molecule has 0 aromatic carbocycles. The van der Waals surface area contributed by atoms with E-state index in [9.17, 15) is 30.0 Å². The molecule has 4 aliphatic carbocycles. The molecular weight excluding hydrogens is 861 g/mol. The van der Waals surface area contributed by atoms with Crippen LogP contribution in [-0.4, -0.2) is 163 Å². The first-order valence-electron chi connectivity index (χ1n) is 24.8. The quantitative estimate of drug-likeness (QED) is 0.141. The summed E-state index contributed by atoms with van der Waals surface area (Å²) in [6.07, 6.45) is -4.11. The Morgan fingerprint density at radius 3 is 1.92 bits per heavy atom. The Kier molecular flexibility index (Phi) is 16.0. The number of carbonyl (C=O) groups excluding carboxylic acids is 2. The largest absolute Gasteiger partial charge is 0.462 e. The van der Waals surface area contributed by atoms with Crippen molar-refractivity contribution >= 4 is 11.9 Å². The Bertz CT molecular complexity index is 1670. The van der Waals surface area contributed by atoms with Crippen LogP contribution in [0.2, 0.25) is 0 Å². The van der Waals surface area contributed by atoms with Crippen LogP contribution in [0.25, 0.3) is 0 Å². The van der Waals surface area contributed by atoms with E-state index in [1.165, 1.54) is 14.0 Å². The Labute approximate surface area is 391 Å². The first-order chi connectivity index (χ1) is 31.1. The predicted octanol–water partition coefficient (Wildman–Crippen LogP) is 4.33. The minimum Gasteiger partial charge on any atom is -0.462 e. The zero-order valence-electron chi connectivity index (χ0n) is 41.4. The molecule has 0 spiro atoms. The maximum absolute atomic E-state index is 13.0. The highest BCUT2D eigenvalue weighted by Gasteiger charge is 2.77. The lowest BCUT2D eigenvalue weighted by atomic mass is 9.42. The number of ether oxygens (including phenoxy) is 11. The van der Waals surface area contributed by atoms with E-state index in [0.29, 0.717) is 32.1 Å². The second-order valence-electron chi connectivity index (χ2n) is 21.5. The van der Waals surface area contributed by atoms with Crippen molar-refractivity contribution in [3.63, 3.8) is 0 Å². The van der Waals surface area contributed by atoms with Gasteiger partial charge in [-0.05, 0) is 109 Å². The van der Waals surface area contributed by atoms with Gasteiger partial charge in [0.2, 0.25) is 0 Å². The average Bonchev–Trinajstić information content (AvgIpc) is 3.50. The fraction of sp³-hybridized carbons (Fsp3) is 0.959. The maximum atomic E-state index is 13.0. The number of hydrogen-bond acceptors (Lipinski definition) is 17. The fourth-order valence-electron chi connectivity index (χ4n) is 13.9. The van der Waals surface area contributed by atoms with Gasteiger partial charge in [0.05, 0.1) is 53.6 Å². The molecule has 1 unspecified atom stereocenters. The lowest BCUT2D eigenvalue weighted by Gasteiger charge is -2.66. The summed E-state index contributed by atoms with van der Waals surface area (Å²) in [7, 11) is 4.67. The van der Waals surface area contributed by atoms with E-state index in [1.54, 1.807) is 35.0 Å². The lowest BCUT2D eigenvalue weighted by Crippen LogP contribution is -2.72. The summed E-state index contributed by atoms with van der Waals surface area (Å²) in [6.45, 7) is 16.5. The van der Waals surface area contributed by atoms with E-state index >= 15 is 0 Å². The maximum Gasteiger partial charge on any atom is 0.309 e. The first-order valence-corrected chi connectivity index (χ1v) is 24.8. The summed E-state index contributed by atoms with van der Waals surface area (Å²) in [6, 6.07) is 0. The summed E-state index contributed by atoms with van der Waals surface area (Å²) in [4.78, 5) is 25.8. The molecule has 7 rings (SSSR count). The van der Waals surface area contributed by atoms with Crippen molar-refractivity contribution in [2.24, 2.45) is 34.5 Å². The van der Waals surface area contributed by atoms with Crippen molar-refractivity contribution in [1.29, 1.82) is 0 Å². The second-order valence-corrected chi connectivity index (χ2v) is 21.5. The molecule has 17 nitrogen and oxygen atoms in total. The zero-order valence-corrected chi connectivity index (χ0v) is 41.4. The van der Waals surface area contributed by atoms with E-state index in [4.69, 9.17) is 52.1 Å². The van der Waals surface area contributed by atoms with Gasteiger partial charge in [0.1, 0.15) is 48.3 Å². The smallest absolute Gasteiger partial charge is 0.309 e. The molecule has 24 atom stereocenters. The van der Waals surface area contributed by atoms with E-state index in [2.05, 4.69) is 6.92 Å². The predicted molar refractivity (Wildman–Crippen MR) is 235 cm³/mol. The summed E-state index contributed by atoms with van der Waals surface area (Å²) < 4.78 is 67.6. The van der Waals surface area contributed by atoms with Crippen molar-refractivity contribution < 1.29 is 82.1 Å². The standard InChI is InChI=1S/C49H82O17/c1-13-24(2)44(53)62-28(6)48(54)18-19-49(55)32-15-14-30-20-31(16-17-46(30,8)33(32)21-36(47(48,49)9)63-29(7)50)64-37-22-34(56-10)41(26(4)59-37)65-38-23-35(57-11)42(27(5)60-38)66-45-40(52)43(58-12)39(51)25(3)61-45/h24-28,30-43,45,51-52,54-55H,13-23H2,1-12H3/t24?,25-,26-,27-,28+,30+,31+,32-,33+,34+,35-,36-,37+,38+,39-,40-,41-,42-,43+,45+,46+,47-,48-,49+/m1/s1. The van der Waals surface area contributed by atoms with Crippen molar-refractivity contribution in [3.05, 3.63) is 0 Å². The molecule has 7 aliphatic rings. The van der Waals surface area contributed by atoms with Crippen LogP contribution in [0.3, 0.4) is 0 Å². The Morgan fingerprint density at radius 1 is 0.712 bits per heavy atom. The third-order valence-corrected chi connectivity index (χ3v) is 18.2. The van der Waals surface area contributed by atoms with Crippen LogP contribution in [0.5, 0.6) is 0 Å². The lowest BCUT2D eigenvalue weighted by molar-refractivity contribution is -0.352. The summed E-state index contributed by atoms with van der Waals surface area (Å²) in [5.41, 5.74) is -4.41. The minimum absolute atomic E-state index is 0.0267. The second kappa shape index (κ2) is 20.3. The highest BCUT2D eigenvalue weighted by atomic mass is 16.8. The highest BCUT2D eigenvalue weighted by Crippen LogP contribution is 2.71. The van der Waals surface area contributed by atoms with Gasteiger partial charge in [-0.3, -0.25) is 9.59 Å². The van der Waals surface area contributed by atoms with Gasteiger partial charge >= 0.3 is 11.9 Å². The molecule has 4 saturated carbocycles. The van der Waals surface area contributed by atoms with Crippen molar-refractivity contribution in [2.75, 3.05) is 21.3 Å². The topological polar surface area (TPSA) is 217 Å². The minimum atomic E-state index is -1.61. The number of methoxy groups -OCH3 is 3. The summed E-state index contributed by atoms with van der Waals surface area (Å²) in [5, 5.41) is 47.0. The van der Waals surface area contributed by atoms with Gasteiger partial charge in [-0.25, -0.2) is 0 Å². The van der Waals surface area contributed by atoms with Crippen molar-refractivity contribution in [3.8, 4) is 0 Å². The number of esters is 2. The van der Waals surface area contributed by atoms with Gasteiger partial charge in [0.15, 0.2) is 18.9 Å². The molecule has 3 aliphatic heterocycles. The molecule has 4 N–H and O–H groups in total. The van der Waals surface area contributed by atoms with Gasteiger partial charge < -0.3 is 72.5 Å². The third-order valence-electron chi connectivity index (χ3n) is 18.2. The van der Waals surface area contributed by atoms with Crippen LogP contribution >= 0.6 is 0 Å². The third kappa shape index (κ3) is 9.15. The molecule has 0 bridgehead atoms. The molecule has 7 fully saturated rings. The van der Waals surface area contributed by atoms with Crippen LogP contribution < -0.4 is 0 Å². The van der Waals surface area contributed by atoms with Gasteiger partial charge in [0, 0.05) is 41.1 Å².